The molecule has 7 heteroatoms. The zero-order valence-corrected chi connectivity index (χ0v) is 11.5. The molecule has 0 radical (unpaired) electrons. The van der Waals surface area contributed by atoms with Gasteiger partial charge in [0, 0.05) is 25.1 Å². The van der Waals surface area contributed by atoms with Gasteiger partial charge in [-0.05, 0) is 12.8 Å². The van der Waals surface area contributed by atoms with Crippen LogP contribution in [0, 0.1) is 11.6 Å². The van der Waals surface area contributed by atoms with Gasteiger partial charge in [0.15, 0.2) is 16.8 Å². The lowest BCUT2D eigenvalue weighted by molar-refractivity contribution is -0.132. The van der Waals surface area contributed by atoms with Crippen LogP contribution in [0.15, 0.2) is 17.3 Å². The second-order valence-electron chi connectivity index (χ2n) is 4.71. The Bertz CT molecular complexity index is 619. The average molecular weight is 297 g/mol. The van der Waals surface area contributed by atoms with Gasteiger partial charge in [-0.3, -0.25) is 4.79 Å². The highest BCUT2D eigenvalue weighted by atomic mass is 32.2. The average Bonchev–Trinajstić information content (AvgIpc) is 2.80. The van der Waals surface area contributed by atoms with E-state index in [0.29, 0.717) is 28.5 Å². The second-order valence-corrected chi connectivity index (χ2v) is 5.65. The van der Waals surface area contributed by atoms with Crippen molar-refractivity contribution in [2.45, 2.75) is 24.4 Å². The van der Waals surface area contributed by atoms with E-state index >= 15 is 0 Å². The molecule has 0 bridgehead atoms. The summed E-state index contributed by atoms with van der Waals surface area (Å²) in [5.74, 6) is -1.16. The number of nitrogens with zero attached hydrogens (tertiary/aromatic N) is 2. The van der Waals surface area contributed by atoms with Crippen LogP contribution in [-0.4, -0.2) is 33.2 Å². The van der Waals surface area contributed by atoms with Gasteiger partial charge in [0.1, 0.15) is 0 Å². The molecule has 2 heterocycles. The van der Waals surface area contributed by atoms with Crippen molar-refractivity contribution in [3.05, 3.63) is 23.8 Å². The minimum absolute atomic E-state index is 0.150. The first-order valence-electron chi connectivity index (χ1n) is 6.39. The maximum Gasteiger partial charge on any atom is 0.223 e. The molecule has 1 N–H and O–H groups in total. The maximum absolute atomic E-state index is 13.1. The molecule has 0 aliphatic carbocycles. The Morgan fingerprint density at radius 2 is 2.10 bits per heavy atom. The van der Waals surface area contributed by atoms with E-state index in [1.807, 2.05) is 0 Å². The summed E-state index contributed by atoms with van der Waals surface area (Å²) in [6, 6.07) is 2.16. The molecule has 1 aliphatic rings. The quantitative estimate of drug-likeness (QED) is 0.886. The first-order valence-corrected chi connectivity index (χ1v) is 7.37. The first-order chi connectivity index (χ1) is 9.63. The molecule has 0 saturated carbocycles. The van der Waals surface area contributed by atoms with Gasteiger partial charge in [-0.1, -0.05) is 11.8 Å². The van der Waals surface area contributed by atoms with Crippen molar-refractivity contribution in [2.24, 2.45) is 0 Å². The van der Waals surface area contributed by atoms with Crippen LogP contribution < -0.4 is 0 Å². The van der Waals surface area contributed by atoms with Crippen LogP contribution in [0.25, 0.3) is 11.0 Å². The number of carbonyl (C=O) groups is 1. The van der Waals surface area contributed by atoms with Crippen molar-refractivity contribution in [1.29, 1.82) is 0 Å². The summed E-state index contributed by atoms with van der Waals surface area (Å²) >= 11 is 1.36. The number of fused-ring (bicyclic) bond motifs is 1. The van der Waals surface area contributed by atoms with Gasteiger partial charge in [-0.15, -0.1) is 0 Å². The third-order valence-electron chi connectivity index (χ3n) is 3.28. The third kappa shape index (κ3) is 2.63. The SMILES string of the molecule is O=C1CCCCN1CSc1nc2cc(F)c(F)cc2[nH]1. The summed E-state index contributed by atoms with van der Waals surface area (Å²) in [4.78, 5) is 20.6. The van der Waals surface area contributed by atoms with Gasteiger partial charge in [0.25, 0.3) is 0 Å². The Labute approximate surface area is 118 Å². The van der Waals surface area contributed by atoms with Crippen molar-refractivity contribution in [1.82, 2.24) is 14.9 Å². The number of aromatic nitrogens is 2. The number of imidazole rings is 1. The number of rotatable bonds is 3. The Hall–Kier alpha value is -1.63. The minimum Gasteiger partial charge on any atom is -0.333 e. The number of hydrogen-bond donors (Lipinski definition) is 1. The van der Waals surface area contributed by atoms with Crippen molar-refractivity contribution in [3.8, 4) is 0 Å². The van der Waals surface area contributed by atoms with Gasteiger partial charge >= 0.3 is 0 Å². The lowest BCUT2D eigenvalue weighted by Gasteiger charge is -2.25. The number of nitrogens with one attached hydrogen (secondary N) is 1. The fraction of sp³-hybridized carbons (Fsp3) is 0.385. The van der Waals surface area contributed by atoms with Crippen LogP contribution in [0.3, 0.4) is 0 Å². The van der Waals surface area contributed by atoms with Gasteiger partial charge in [-0.2, -0.15) is 0 Å². The molecule has 0 atom stereocenters. The van der Waals surface area contributed by atoms with Gasteiger partial charge in [-0.25, -0.2) is 13.8 Å². The highest BCUT2D eigenvalue weighted by Gasteiger charge is 2.18. The lowest BCUT2D eigenvalue weighted by atomic mass is 10.1. The summed E-state index contributed by atoms with van der Waals surface area (Å²) in [6.07, 6.45) is 2.56. The smallest absolute Gasteiger partial charge is 0.223 e. The molecule has 2 aromatic rings. The zero-order chi connectivity index (χ0) is 14.1. The number of H-pyrrole nitrogens is 1. The number of hydrogen-bond acceptors (Lipinski definition) is 3. The van der Waals surface area contributed by atoms with E-state index in [1.165, 1.54) is 11.8 Å². The van der Waals surface area contributed by atoms with E-state index in [1.54, 1.807) is 4.90 Å². The second kappa shape index (κ2) is 5.40. The largest absolute Gasteiger partial charge is 0.333 e. The molecule has 0 unspecified atom stereocenters. The number of amides is 1. The van der Waals surface area contributed by atoms with E-state index in [-0.39, 0.29) is 5.91 Å². The van der Waals surface area contributed by atoms with E-state index in [2.05, 4.69) is 9.97 Å². The molecular weight excluding hydrogens is 284 g/mol. The van der Waals surface area contributed by atoms with E-state index in [0.717, 1.165) is 31.5 Å². The molecule has 1 aromatic heterocycles. The molecular formula is C13H13F2N3OS. The summed E-state index contributed by atoms with van der Waals surface area (Å²) in [5.41, 5.74) is 0.841. The number of piperidine rings is 1. The number of likely N-dealkylation sites (tertiary alicyclic amines) is 1. The van der Waals surface area contributed by atoms with Crippen LogP contribution in [-0.2, 0) is 4.79 Å². The van der Waals surface area contributed by atoms with E-state index < -0.39 is 11.6 Å². The molecule has 1 aliphatic heterocycles. The van der Waals surface area contributed by atoms with Crippen LogP contribution in [0.4, 0.5) is 8.78 Å². The molecule has 20 heavy (non-hydrogen) atoms. The lowest BCUT2D eigenvalue weighted by Crippen LogP contribution is -2.34. The molecule has 106 valence electrons. The molecule has 1 fully saturated rings. The van der Waals surface area contributed by atoms with Crippen LogP contribution in [0.2, 0.25) is 0 Å². The molecule has 3 rings (SSSR count). The Kier molecular flexibility index (Phi) is 3.60. The number of halogens is 2. The normalized spacial score (nSPS) is 16.1. The summed E-state index contributed by atoms with van der Waals surface area (Å²) in [6.45, 7) is 0.759. The fourth-order valence-electron chi connectivity index (χ4n) is 2.19. The van der Waals surface area contributed by atoms with Crippen LogP contribution in [0.5, 0.6) is 0 Å². The van der Waals surface area contributed by atoms with Gasteiger partial charge < -0.3 is 9.88 Å². The van der Waals surface area contributed by atoms with Crippen molar-refractivity contribution >= 4 is 28.7 Å². The van der Waals surface area contributed by atoms with E-state index in [4.69, 9.17) is 0 Å². The monoisotopic (exact) mass is 297 g/mol. The summed E-state index contributed by atoms with van der Waals surface area (Å²) in [5, 5.41) is 0.559. The van der Waals surface area contributed by atoms with Crippen LogP contribution in [0.1, 0.15) is 19.3 Å². The Morgan fingerprint density at radius 3 is 2.90 bits per heavy atom. The first kappa shape index (κ1) is 13.4. The summed E-state index contributed by atoms with van der Waals surface area (Å²) < 4.78 is 26.2. The highest BCUT2D eigenvalue weighted by Crippen LogP contribution is 2.23. The van der Waals surface area contributed by atoms with E-state index in [9.17, 15) is 13.6 Å². The molecule has 1 aromatic carbocycles. The van der Waals surface area contributed by atoms with Crippen molar-refractivity contribution in [2.75, 3.05) is 12.4 Å². The standard InChI is InChI=1S/C13H13F2N3OS/c14-8-5-10-11(6-9(8)15)17-13(16-10)20-7-18-4-2-1-3-12(18)19/h5-6H,1-4,7H2,(H,16,17). The predicted octanol–water partition coefficient (Wildman–Crippen LogP) is 2.90. The van der Waals surface area contributed by atoms with Crippen molar-refractivity contribution in [3.63, 3.8) is 0 Å². The molecule has 1 saturated heterocycles. The summed E-state index contributed by atoms with van der Waals surface area (Å²) in [7, 11) is 0. The number of benzene rings is 1. The fourth-order valence-corrected chi connectivity index (χ4v) is 3.08. The Balaban J connectivity index is 1.73. The molecule has 1 amide bonds. The van der Waals surface area contributed by atoms with Gasteiger partial charge in [0.05, 0.1) is 16.9 Å². The highest BCUT2D eigenvalue weighted by molar-refractivity contribution is 7.99. The zero-order valence-electron chi connectivity index (χ0n) is 10.7. The van der Waals surface area contributed by atoms with Crippen molar-refractivity contribution < 1.29 is 13.6 Å². The predicted molar refractivity (Wildman–Crippen MR) is 72.3 cm³/mol. The number of thioether (sulfide) groups is 1. The number of aromatic amines is 1. The molecule has 4 nitrogen and oxygen atoms in total. The van der Waals surface area contributed by atoms with Gasteiger partial charge in [0.2, 0.25) is 5.91 Å². The number of carbonyl (C=O) groups excluding carboxylic acids is 1. The third-order valence-corrected chi connectivity index (χ3v) is 4.19. The van der Waals surface area contributed by atoms with Crippen LogP contribution >= 0.6 is 11.8 Å². The maximum atomic E-state index is 13.1. The topological polar surface area (TPSA) is 49.0 Å². The minimum atomic E-state index is -0.910. The Morgan fingerprint density at radius 1 is 1.30 bits per heavy atom. The molecule has 0 spiro atoms.